The molecule has 0 saturated carbocycles. The normalized spacial score (nSPS) is 18.8. The van der Waals surface area contributed by atoms with E-state index in [0.29, 0.717) is 0 Å². The Labute approximate surface area is 226 Å². The molecular formula is C27H21ClN2O5S2. The minimum Gasteiger partial charge on any atom is -0.448 e. The first-order chi connectivity index (χ1) is 17.9. The van der Waals surface area contributed by atoms with E-state index in [1.54, 1.807) is 0 Å². The average Bonchev–Trinajstić information content (AvgIpc) is 3.43. The molecule has 2 amide bonds. The Hall–Kier alpha value is -3.40. The summed E-state index contributed by atoms with van der Waals surface area (Å²) >= 11 is 8.58. The molecular weight excluding hydrogens is 532 g/mol. The first-order valence-corrected chi connectivity index (χ1v) is 13.8. The molecule has 1 N–H and O–H groups in total. The molecule has 0 spiro atoms. The van der Waals surface area contributed by atoms with E-state index in [9.17, 15) is 19.2 Å². The quantitative estimate of drug-likeness (QED) is 0.257. The van der Waals surface area contributed by atoms with Gasteiger partial charge in [-0.05, 0) is 45.1 Å². The third-order valence-electron chi connectivity index (χ3n) is 6.09. The van der Waals surface area contributed by atoms with Gasteiger partial charge in [0.2, 0.25) is 5.91 Å². The standard InChI is InChI=1S/C27H21ClN2O5S2/c28-24(32)19-15-37-26-21(29-20(31)13-16-11-12-36-14-16)25(33)30(26)22(19)27(34)35-23(17-7-3-1-4-8-17)18-9-5-2-6-10-18/h1-12,14,21,23,26H,13,15H2,(H,29,31)/t21?,26-/m1/s1. The van der Waals surface area contributed by atoms with Gasteiger partial charge in [0, 0.05) is 5.75 Å². The van der Waals surface area contributed by atoms with Crippen LogP contribution in [0.2, 0.25) is 0 Å². The number of ether oxygens (including phenoxy) is 1. The molecule has 1 fully saturated rings. The molecule has 0 bridgehead atoms. The lowest BCUT2D eigenvalue weighted by Gasteiger charge is -2.49. The predicted octanol–water partition coefficient (Wildman–Crippen LogP) is 4.04. The third kappa shape index (κ3) is 5.20. The third-order valence-corrected chi connectivity index (χ3v) is 8.33. The molecule has 2 aromatic carbocycles. The van der Waals surface area contributed by atoms with E-state index in [4.69, 9.17) is 16.3 Å². The molecule has 3 heterocycles. The summed E-state index contributed by atoms with van der Waals surface area (Å²) in [4.78, 5) is 52.7. The number of halogens is 1. The van der Waals surface area contributed by atoms with Crippen molar-refractivity contribution in [1.82, 2.24) is 10.2 Å². The first kappa shape index (κ1) is 25.3. The van der Waals surface area contributed by atoms with Crippen molar-refractivity contribution >= 4 is 57.7 Å². The van der Waals surface area contributed by atoms with Crippen molar-refractivity contribution in [2.45, 2.75) is 23.9 Å². The number of nitrogens with one attached hydrogen (secondary N) is 1. The lowest BCUT2D eigenvalue weighted by molar-refractivity contribution is -0.154. The van der Waals surface area contributed by atoms with Crippen LogP contribution < -0.4 is 5.32 Å². The number of benzene rings is 2. The van der Waals surface area contributed by atoms with Gasteiger partial charge in [-0.25, -0.2) is 4.79 Å². The van der Waals surface area contributed by atoms with Crippen LogP contribution in [-0.2, 0) is 30.3 Å². The Morgan fingerprint density at radius 1 is 1.03 bits per heavy atom. The van der Waals surface area contributed by atoms with E-state index in [1.807, 2.05) is 77.5 Å². The Morgan fingerprint density at radius 3 is 2.24 bits per heavy atom. The Kier molecular flexibility index (Phi) is 7.45. The van der Waals surface area contributed by atoms with E-state index in [0.717, 1.165) is 16.7 Å². The van der Waals surface area contributed by atoms with Crippen molar-refractivity contribution in [3.63, 3.8) is 0 Å². The number of thioether (sulfide) groups is 1. The zero-order valence-corrected chi connectivity index (χ0v) is 21.7. The maximum atomic E-state index is 13.6. The fourth-order valence-electron chi connectivity index (χ4n) is 4.31. The highest BCUT2D eigenvalue weighted by molar-refractivity contribution is 8.00. The van der Waals surface area contributed by atoms with Crippen LogP contribution in [-0.4, -0.2) is 45.1 Å². The average molecular weight is 553 g/mol. The smallest absolute Gasteiger partial charge is 0.356 e. The van der Waals surface area contributed by atoms with Crippen molar-refractivity contribution < 1.29 is 23.9 Å². The van der Waals surface area contributed by atoms with Crippen LogP contribution in [0.5, 0.6) is 0 Å². The SMILES string of the molecule is O=C(Cc1ccsc1)NC1C(=O)N2C(C(=O)OC(c3ccccc3)c3ccccc3)=C(C(=O)Cl)CS[C@H]12. The van der Waals surface area contributed by atoms with Gasteiger partial charge in [-0.3, -0.25) is 19.3 Å². The summed E-state index contributed by atoms with van der Waals surface area (Å²) in [6.07, 6.45) is -0.615. The van der Waals surface area contributed by atoms with Crippen LogP contribution in [0.15, 0.2) is 88.8 Å². The van der Waals surface area contributed by atoms with Gasteiger partial charge < -0.3 is 10.1 Å². The zero-order valence-electron chi connectivity index (χ0n) is 19.3. The minimum atomic E-state index is -0.830. The first-order valence-electron chi connectivity index (χ1n) is 11.4. The molecule has 2 atom stereocenters. The van der Waals surface area contributed by atoms with Gasteiger partial charge in [-0.1, -0.05) is 60.7 Å². The summed E-state index contributed by atoms with van der Waals surface area (Å²) in [6, 6.07) is 19.4. The van der Waals surface area contributed by atoms with E-state index in [1.165, 1.54) is 28.0 Å². The van der Waals surface area contributed by atoms with Gasteiger partial charge in [0.1, 0.15) is 17.1 Å². The van der Waals surface area contributed by atoms with Crippen LogP contribution in [0.1, 0.15) is 22.8 Å². The molecule has 2 aliphatic rings. The van der Waals surface area contributed by atoms with E-state index >= 15 is 0 Å². The molecule has 1 aromatic heterocycles. The second kappa shape index (κ2) is 10.9. The number of carbonyl (C=O) groups excluding carboxylic acids is 4. The summed E-state index contributed by atoms with van der Waals surface area (Å²) in [5.74, 6) is -1.51. The topological polar surface area (TPSA) is 92.8 Å². The monoisotopic (exact) mass is 552 g/mol. The summed E-state index contributed by atoms with van der Waals surface area (Å²) < 4.78 is 5.93. The van der Waals surface area contributed by atoms with E-state index in [-0.39, 0.29) is 29.4 Å². The minimum absolute atomic E-state index is 0.00388. The maximum absolute atomic E-state index is 13.6. The number of nitrogens with zero attached hydrogens (tertiary/aromatic N) is 1. The Balaban J connectivity index is 1.39. The van der Waals surface area contributed by atoms with Crippen LogP contribution in [0.25, 0.3) is 0 Å². The molecule has 7 nitrogen and oxygen atoms in total. The highest BCUT2D eigenvalue weighted by Crippen LogP contribution is 2.42. The van der Waals surface area contributed by atoms with Crippen LogP contribution in [0.3, 0.4) is 0 Å². The lowest BCUT2D eigenvalue weighted by atomic mass is 10.0. The van der Waals surface area contributed by atoms with Gasteiger partial charge >= 0.3 is 5.97 Å². The van der Waals surface area contributed by atoms with Gasteiger partial charge in [0.05, 0.1) is 12.0 Å². The Bertz CT molecular complexity index is 1320. The fourth-order valence-corrected chi connectivity index (χ4v) is 6.55. The van der Waals surface area contributed by atoms with Crippen molar-refractivity contribution in [2.75, 3.05) is 5.75 Å². The molecule has 2 aliphatic heterocycles. The van der Waals surface area contributed by atoms with Crippen molar-refractivity contribution in [2.24, 2.45) is 0 Å². The molecule has 3 aromatic rings. The summed E-state index contributed by atoms with van der Waals surface area (Å²) in [5, 5.41) is 5.13. The summed E-state index contributed by atoms with van der Waals surface area (Å²) in [5.41, 5.74) is 2.15. The molecule has 1 unspecified atom stereocenters. The summed E-state index contributed by atoms with van der Waals surface area (Å²) in [6.45, 7) is 0. The van der Waals surface area contributed by atoms with Gasteiger partial charge in [-0.2, -0.15) is 11.3 Å². The van der Waals surface area contributed by atoms with E-state index in [2.05, 4.69) is 5.32 Å². The van der Waals surface area contributed by atoms with Gasteiger partial charge in [0.25, 0.3) is 11.1 Å². The maximum Gasteiger partial charge on any atom is 0.356 e. The second-order valence-electron chi connectivity index (χ2n) is 8.47. The molecule has 37 heavy (non-hydrogen) atoms. The highest BCUT2D eigenvalue weighted by atomic mass is 35.5. The molecule has 5 rings (SSSR count). The molecule has 1 saturated heterocycles. The van der Waals surface area contributed by atoms with Crippen molar-refractivity contribution in [1.29, 1.82) is 0 Å². The number of hydrogen-bond donors (Lipinski definition) is 1. The van der Waals surface area contributed by atoms with E-state index < -0.39 is 34.6 Å². The van der Waals surface area contributed by atoms with Crippen LogP contribution in [0, 0.1) is 0 Å². The zero-order chi connectivity index (χ0) is 25.9. The number of thiophene rings is 1. The van der Waals surface area contributed by atoms with Crippen LogP contribution >= 0.6 is 34.7 Å². The number of hydrogen-bond acceptors (Lipinski definition) is 7. The number of carbonyl (C=O) groups is 4. The molecule has 10 heteroatoms. The van der Waals surface area contributed by atoms with Gasteiger partial charge in [0.15, 0.2) is 6.10 Å². The number of fused-ring (bicyclic) bond motifs is 1. The second-order valence-corrected chi connectivity index (χ2v) is 10.7. The fraction of sp³-hybridized carbons (Fsp3) is 0.185. The lowest BCUT2D eigenvalue weighted by Crippen LogP contribution is -2.70. The molecule has 0 radical (unpaired) electrons. The number of esters is 1. The highest BCUT2D eigenvalue weighted by Gasteiger charge is 2.55. The number of amides is 2. The largest absolute Gasteiger partial charge is 0.448 e. The van der Waals surface area contributed by atoms with Gasteiger partial charge in [-0.15, -0.1) is 11.8 Å². The summed E-state index contributed by atoms with van der Waals surface area (Å²) in [7, 11) is 0. The molecule has 0 aliphatic carbocycles. The Morgan fingerprint density at radius 2 is 1.68 bits per heavy atom. The van der Waals surface area contributed by atoms with Crippen LogP contribution in [0.4, 0.5) is 0 Å². The number of rotatable bonds is 8. The van der Waals surface area contributed by atoms with Crippen molar-refractivity contribution in [3.8, 4) is 0 Å². The van der Waals surface area contributed by atoms with Crippen molar-refractivity contribution in [3.05, 3.63) is 105 Å². The molecule has 188 valence electrons. The predicted molar refractivity (Wildman–Crippen MR) is 142 cm³/mol. The number of β-lactam (4-membered cyclic amide) rings is 1.